The fraction of sp³-hybridized carbons (Fsp3) is 0.300. The Hall–Kier alpha value is -3.82. The first-order chi connectivity index (χ1) is 14.4. The van der Waals surface area contributed by atoms with Gasteiger partial charge in [0.25, 0.3) is 5.91 Å². The van der Waals surface area contributed by atoms with Gasteiger partial charge in [-0.3, -0.25) is 4.79 Å². The average Bonchev–Trinajstić information content (AvgIpc) is 2.79. The number of methoxy groups -OCH3 is 6. The molecule has 0 aliphatic rings. The Bertz CT molecular complexity index is 801. The second kappa shape index (κ2) is 10.1. The van der Waals surface area contributed by atoms with Crippen molar-refractivity contribution in [1.82, 2.24) is 5.48 Å². The van der Waals surface area contributed by atoms with Crippen LogP contribution in [0.4, 0.5) is 0 Å². The highest BCUT2D eigenvalue weighted by molar-refractivity contribution is 5.97. The molecule has 2 aromatic carbocycles. The molecule has 2 aromatic rings. The summed E-state index contributed by atoms with van der Waals surface area (Å²) >= 11 is 0. The number of nitrogens with one attached hydrogen (secondary N) is 1. The van der Waals surface area contributed by atoms with Crippen molar-refractivity contribution in [2.75, 3.05) is 42.7 Å². The van der Waals surface area contributed by atoms with Gasteiger partial charge in [-0.2, -0.15) is 5.48 Å². The van der Waals surface area contributed by atoms with Crippen LogP contribution in [0.15, 0.2) is 24.3 Å². The number of benzene rings is 2. The fourth-order valence-corrected chi connectivity index (χ4v) is 2.62. The van der Waals surface area contributed by atoms with Crippen LogP contribution in [0.1, 0.15) is 20.7 Å². The standard InChI is InChI=1S/C20H23NO9/c1-24-13-7-11(8-14(25-2)17(13)28-5)19(22)21-30-20(23)12-9-15(26-3)18(29-6)16(10-12)27-4/h7-10H,1-6H3,(H,21,22). The Morgan fingerprint density at radius 1 is 0.600 bits per heavy atom. The minimum atomic E-state index is -0.838. The molecule has 1 N–H and O–H groups in total. The van der Waals surface area contributed by atoms with Crippen LogP contribution in [-0.4, -0.2) is 54.5 Å². The van der Waals surface area contributed by atoms with E-state index in [1.807, 2.05) is 0 Å². The third kappa shape index (κ3) is 4.59. The molecule has 0 fully saturated rings. The SMILES string of the molecule is COc1cc(C(=O)NOC(=O)c2cc(OC)c(OC)c(OC)c2)cc(OC)c1OC. The highest BCUT2D eigenvalue weighted by atomic mass is 16.7. The summed E-state index contributed by atoms with van der Waals surface area (Å²) in [5.74, 6) is 0.185. The van der Waals surface area contributed by atoms with Crippen LogP contribution in [0.3, 0.4) is 0 Å². The van der Waals surface area contributed by atoms with Gasteiger partial charge in [0.1, 0.15) is 0 Å². The van der Waals surface area contributed by atoms with Crippen LogP contribution in [0, 0.1) is 0 Å². The van der Waals surface area contributed by atoms with Gasteiger partial charge >= 0.3 is 5.97 Å². The quantitative estimate of drug-likeness (QED) is 0.642. The number of hydrogen-bond acceptors (Lipinski definition) is 9. The molecule has 0 aliphatic heterocycles. The molecule has 2 rings (SSSR count). The van der Waals surface area contributed by atoms with E-state index >= 15 is 0 Å². The first kappa shape index (κ1) is 22.5. The molecular formula is C20H23NO9. The largest absolute Gasteiger partial charge is 0.493 e. The van der Waals surface area contributed by atoms with Crippen molar-refractivity contribution < 1.29 is 42.8 Å². The number of carbonyl (C=O) groups is 2. The number of amides is 1. The predicted octanol–water partition coefficient (Wildman–Crippen LogP) is 2.24. The summed E-state index contributed by atoms with van der Waals surface area (Å²) in [5.41, 5.74) is 2.29. The van der Waals surface area contributed by atoms with Crippen LogP contribution >= 0.6 is 0 Å². The zero-order chi connectivity index (χ0) is 22.3. The molecule has 10 heteroatoms. The predicted molar refractivity (Wildman–Crippen MR) is 105 cm³/mol. The van der Waals surface area contributed by atoms with Gasteiger partial charge in [-0.05, 0) is 24.3 Å². The van der Waals surface area contributed by atoms with E-state index in [2.05, 4.69) is 5.48 Å². The summed E-state index contributed by atoms with van der Waals surface area (Å²) in [4.78, 5) is 29.8. The maximum absolute atomic E-state index is 12.5. The minimum Gasteiger partial charge on any atom is -0.493 e. The highest BCUT2D eigenvalue weighted by Gasteiger charge is 2.21. The van der Waals surface area contributed by atoms with E-state index < -0.39 is 11.9 Å². The molecule has 0 spiro atoms. The Morgan fingerprint density at radius 2 is 0.967 bits per heavy atom. The number of hydrogen-bond donors (Lipinski definition) is 1. The molecule has 0 saturated heterocycles. The summed E-state index contributed by atoms with van der Waals surface area (Å²) in [5, 5.41) is 0. The van der Waals surface area contributed by atoms with Crippen molar-refractivity contribution in [3.05, 3.63) is 35.4 Å². The minimum absolute atomic E-state index is 0.0784. The van der Waals surface area contributed by atoms with Crippen LogP contribution in [0.5, 0.6) is 34.5 Å². The van der Waals surface area contributed by atoms with E-state index in [4.69, 9.17) is 33.3 Å². The number of carbonyl (C=O) groups excluding carboxylic acids is 2. The van der Waals surface area contributed by atoms with Gasteiger partial charge in [0, 0.05) is 5.56 Å². The first-order valence-corrected chi connectivity index (χ1v) is 8.55. The van der Waals surface area contributed by atoms with Crippen LogP contribution in [0.25, 0.3) is 0 Å². The number of rotatable bonds is 8. The van der Waals surface area contributed by atoms with E-state index in [-0.39, 0.29) is 34.1 Å². The smallest absolute Gasteiger partial charge is 0.363 e. The van der Waals surface area contributed by atoms with Crippen molar-refractivity contribution in [1.29, 1.82) is 0 Å². The average molecular weight is 421 g/mol. The summed E-state index contributed by atoms with van der Waals surface area (Å²) in [6, 6.07) is 5.64. The van der Waals surface area contributed by atoms with Crippen molar-refractivity contribution in [2.45, 2.75) is 0 Å². The molecule has 0 unspecified atom stereocenters. The molecule has 1 amide bonds. The van der Waals surface area contributed by atoms with Gasteiger partial charge < -0.3 is 33.3 Å². The normalized spacial score (nSPS) is 9.93. The van der Waals surface area contributed by atoms with Crippen LogP contribution in [-0.2, 0) is 4.84 Å². The molecule has 162 valence electrons. The molecule has 0 saturated carbocycles. The summed E-state index contributed by atoms with van der Waals surface area (Å²) in [6.45, 7) is 0. The Kier molecular flexibility index (Phi) is 7.56. The van der Waals surface area contributed by atoms with Gasteiger partial charge in [0.15, 0.2) is 23.0 Å². The van der Waals surface area contributed by atoms with E-state index in [0.29, 0.717) is 11.5 Å². The molecule has 30 heavy (non-hydrogen) atoms. The molecule has 0 bridgehead atoms. The van der Waals surface area contributed by atoms with Crippen molar-refractivity contribution in [3.8, 4) is 34.5 Å². The Labute approximate surface area is 173 Å². The maximum atomic E-state index is 12.5. The molecular weight excluding hydrogens is 398 g/mol. The molecule has 0 aliphatic carbocycles. The van der Waals surface area contributed by atoms with Gasteiger partial charge in [-0.1, -0.05) is 0 Å². The number of ether oxygens (including phenoxy) is 6. The van der Waals surface area contributed by atoms with Gasteiger partial charge in [-0.15, -0.1) is 0 Å². The zero-order valence-corrected chi connectivity index (χ0v) is 17.5. The van der Waals surface area contributed by atoms with Gasteiger partial charge in [-0.25, -0.2) is 4.79 Å². The maximum Gasteiger partial charge on any atom is 0.363 e. The van der Waals surface area contributed by atoms with E-state index in [0.717, 1.165) is 0 Å². The number of hydroxylamine groups is 1. The van der Waals surface area contributed by atoms with E-state index in [9.17, 15) is 9.59 Å². The van der Waals surface area contributed by atoms with Gasteiger partial charge in [0.2, 0.25) is 11.5 Å². The first-order valence-electron chi connectivity index (χ1n) is 8.55. The topological polar surface area (TPSA) is 111 Å². The molecule has 0 heterocycles. The van der Waals surface area contributed by atoms with Gasteiger partial charge in [0.05, 0.1) is 48.2 Å². The summed E-state index contributed by atoms with van der Waals surface area (Å²) < 4.78 is 31.2. The third-order valence-corrected chi connectivity index (χ3v) is 4.06. The summed E-state index contributed by atoms with van der Waals surface area (Å²) in [7, 11) is 8.56. The fourth-order valence-electron chi connectivity index (χ4n) is 2.62. The monoisotopic (exact) mass is 421 g/mol. The highest BCUT2D eigenvalue weighted by Crippen LogP contribution is 2.39. The second-order valence-electron chi connectivity index (χ2n) is 5.65. The lowest BCUT2D eigenvalue weighted by Gasteiger charge is -2.15. The third-order valence-electron chi connectivity index (χ3n) is 4.06. The van der Waals surface area contributed by atoms with E-state index in [1.165, 1.54) is 66.9 Å². The lowest BCUT2D eigenvalue weighted by molar-refractivity contribution is 0.0229. The Balaban J connectivity index is 2.21. The van der Waals surface area contributed by atoms with Crippen LogP contribution < -0.4 is 33.9 Å². The molecule has 0 aromatic heterocycles. The van der Waals surface area contributed by atoms with Crippen molar-refractivity contribution >= 4 is 11.9 Å². The second-order valence-corrected chi connectivity index (χ2v) is 5.65. The van der Waals surface area contributed by atoms with E-state index in [1.54, 1.807) is 0 Å². The Morgan fingerprint density at radius 3 is 1.30 bits per heavy atom. The molecule has 0 radical (unpaired) electrons. The molecule has 10 nitrogen and oxygen atoms in total. The van der Waals surface area contributed by atoms with Crippen molar-refractivity contribution in [3.63, 3.8) is 0 Å². The zero-order valence-electron chi connectivity index (χ0n) is 17.5. The lowest BCUT2D eigenvalue weighted by atomic mass is 10.1. The van der Waals surface area contributed by atoms with Crippen molar-refractivity contribution in [2.24, 2.45) is 0 Å². The lowest BCUT2D eigenvalue weighted by Crippen LogP contribution is -2.27. The summed E-state index contributed by atoms with van der Waals surface area (Å²) in [6.07, 6.45) is 0. The molecule has 0 atom stereocenters. The van der Waals surface area contributed by atoms with Crippen LogP contribution in [0.2, 0.25) is 0 Å².